The molecule has 0 fully saturated rings. The lowest BCUT2D eigenvalue weighted by molar-refractivity contribution is -0.137. The number of thioether (sulfide) groups is 1. The van der Waals surface area contributed by atoms with Crippen LogP contribution in [0.25, 0.3) is 11.6 Å². The van der Waals surface area contributed by atoms with Gasteiger partial charge in [-0.15, -0.1) is 10.2 Å². The number of furan rings is 1. The van der Waals surface area contributed by atoms with E-state index in [2.05, 4.69) is 15.5 Å². The average Bonchev–Trinajstić information content (AvgIpc) is 3.50. The van der Waals surface area contributed by atoms with Crippen LogP contribution in [-0.2, 0) is 25.0 Å². The van der Waals surface area contributed by atoms with Crippen LogP contribution in [0.4, 0.5) is 13.2 Å². The maximum Gasteiger partial charge on any atom is 0.416 e. The summed E-state index contributed by atoms with van der Waals surface area (Å²) >= 11 is 1.49. The molecule has 1 amide bonds. The number of halogens is 3. The molecular weight excluding hydrogens is 465 g/mol. The van der Waals surface area contributed by atoms with Crippen LogP contribution in [0.3, 0.4) is 0 Å². The van der Waals surface area contributed by atoms with Gasteiger partial charge in [0, 0.05) is 24.4 Å². The number of amides is 1. The van der Waals surface area contributed by atoms with Crippen LogP contribution in [-0.4, -0.2) is 20.7 Å². The van der Waals surface area contributed by atoms with Crippen molar-refractivity contribution in [3.05, 3.63) is 89.2 Å². The van der Waals surface area contributed by atoms with Crippen molar-refractivity contribution in [3.8, 4) is 11.6 Å². The van der Waals surface area contributed by atoms with E-state index >= 15 is 0 Å². The summed E-state index contributed by atoms with van der Waals surface area (Å²) in [4.78, 5) is 12.6. The SMILES string of the molecule is CCn1c(SCc2cccc(C(=O)NCc3cccc(C(F)(F)F)c3)c2)nnc1-c1ccco1. The summed E-state index contributed by atoms with van der Waals surface area (Å²) in [6, 6.07) is 15.6. The number of hydrogen-bond acceptors (Lipinski definition) is 5. The zero-order valence-electron chi connectivity index (χ0n) is 18.2. The van der Waals surface area contributed by atoms with Gasteiger partial charge >= 0.3 is 6.18 Å². The van der Waals surface area contributed by atoms with Crippen molar-refractivity contribution in [1.29, 1.82) is 0 Å². The minimum absolute atomic E-state index is 0.00308. The van der Waals surface area contributed by atoms with Gasteiger partial charge in [-0.1, -0.05) is 36.0 Å². The van der Waals surface area contributed by atoms with Crippen LogP contribution in [0.2, 0.25) is 0 Å². The standard InChI is InChI=1S/C24H21F3N4O2S/c1-2-31-21(20-10-5-11-33-20)29-30-23(31)34-15-17-7-3-8-18(12-17)22(32)28-14-16-6-4-9-19(13-16)24(25,26)27/h3-13H,2,14-15H2,1H3,(H,28,32). The number of nitrogens with zero attached hydrogens (tertiary/aromatic N) is 3. The molecule has 1 N–H and O–H groups in total. The van der Waals surface area contributed by atoms with Crippen molar-refractivity contribution in [2.45, 2.75) is 37.1 Å². The smallest absolute Gasteiger partial charge is 0.416 e. The second kappa shape index (κ2) is 10.2. The molecule has 0 aliphatic rings. The summed E-state index contributed by atoms with van der Waals surface area (Å²) in [6.07, 6.45) is -2.84. The minimum atomic E-state index is -4.42. The number of rotatable bonds is 8. The van der Waals surface area contributed by atoms with Gasteiger partial charge in [-0.2, -0.15) is 13.2 Å². The fourth-order valence-electron chi connectivity index (χ4n) is 3.36. The molecule has 2 aromatic heterocycles. The van der Waals surface area contributed by atoms with Crippen LogP contribution in [0.1, 0.15) is 34.0 Å². The van der Waals surface area contributed by atoms with Crippen LogP contribution in [0, 0.1) is 0 Å². The molecule has 176 valence electrons. The van der Waals surface area contributed by atoms with Gasteiger partial charge in [0.1, 0.15) is 0 Å². The van der Waals surface area contributed by atoms with Crippen molar-refractivity contribution in [3.63, 3.8) is 0 Å². The molecule has 0 saturated heterocycles. The van der Waals surface area contributed by atoms with Crippen molar-refractivity contribution in [1.82, 2.24) is 20.1 Å². The first-order valence-corrected chi connectivity index (χ1v) is 11.5. The third-order valence-corrected chi connectivity index (χ3v) is 6.08. The van der Waals surface area contributed by atoms with Gasteiger partial charge in [0.05, 0.1) is 11.8 Å². The van der Waals surface area contributed by atoms with E-state index in [9.17, 15) is 18.0 Å². The molecular formula is C24H21F3N4O2S. The molecule has 6 nitrogen and oxygen atoms in total. The Balaban J connectivity index is 1.39. The second-order valence-electron chi connectivity index (χ2n) is 7.40. The Kier molecular flexibility index (Phi) is 7.06. The zero-order chi connectivity index (χ0) is 24.1. The van der Waals surface area contributed by atoms with Gasteiger partial charge in [0.25, 0.3) is 5.91 Å². The zero-order valence-corrected chi connectivity index (χ0v) is 19.0. The lowest BCUT2D eigenvalue weighted by Gasteiger charge is -2.10. The van der Waals surface area contributed by atoms with E-state index in [1.54, 1.807) is 36.6 Å². The third kappa shape index (κ3) is 5.51. The average molecular weight is 487 g/mol. The van der Waals surface area contributed by atoms with Gasteiger partial charge < -0.3 is 9.73 Å². The molecule has 0 saturated carbocycles. The molecule has 0 unspecified atom stereocenters. The quantitative estimate of drug-likeness (QED) is 0.319. The summed E-state index contributed by atoms with van der Waals surface area (Å²) in [7, 11) is 0. The normalized spacial score (nSPS) is 11.5. The van der Waals surface area contributed by atoms with Crippen molar-refractivity contribution < 1.29 is 22.4 Å². The number of aromatic nitrogens is 3. The summed E-state index contributed by atoms with van der Waals surface area (Å²) in [5, 5.41) is 11.9. The molecule has 0 bridgehead atoms. The van der Waals surface area contributed by atoms with Gasteiger partial charge in [-0.25, -0.2) is 0 Å². The Morgan fingerprint density at radius 1 is 1.06 bits per heavy atom. The van der Waals surface area contributed by atoms with Crippen LogP contribution < -0.4 is 5.32 Å². The van der Waals surface area contributed by atoms with E-state index < -0.39 is 11.7 Å². The van der Waals surface area contributed by atoms with Crippen LogP contribution in [0.5, 0.6) is 0 Å². The first-order chi connectivity index (χ1) is 16.3. The fraction of sp³-hybridized carbons (Fsp3) is 0.208. The Labute approximate surface area is 198 Å². The Bertz CT molecular complexity index is 1270. The van der Waals surface area contributed by atoms with Gasteiger partial charge in [-0.3, -0.25) is 9.36 Å². The molecule has 4 aromatic rings. The summed E-state index contributed by atoms with van der Waals surface area (Å²) in [5.74, 6) is 1.49. The molecule has 2 heterocycles. The predicted molar refractivity (Wildman–Crippen MR) is 122 cm³/mol. The monoisotopic (exact) mass is 486 g/mol. The summed E-state index contributed by atoms with van der Waals surface area (Å²) in [5.41, 5.74) is 0.967. The highest BCUT2D eigenvalue weighted by Crippen LogP contribution is 2.30. The lowest BCUT2D eigenvalue weighted by atomic mass is 10.1. The molecule has 2 aromatic carbocycles. The molecule has 4 rings (SSSR count). The summed E-state index contributed by atoms with van der Waals surface area (Å²) < 4.78 is 46.0. The molecule has 34 heavy (non-hydrogen) atoms. The second-order valence-corrected chi connectivity index (χ2v) is 8.34. The molecule has 0 aliphatic carbocycles. The van der Waals surface area contributed by atoms with Crippen molar-refractivity contribution >= 4 is 17.7 Å². The van der Waals surface area contributed by atoms with Crippen LogP contribution in [0.15, 0.2) is 76.5 Å². The maximum absolute atomic E-state index is 12.9. The third-order valence-electron chi connectivity index (χ3n) is 5.04. The molecule has 10 heteroatoms. The highest BCUT2D eigenvalue weighted by molar-refractivity contribution is 7.98. The number of benzene rings is 2. The van der Waals surface area contributed by atoms with E-state index in [-0.39, 0.29) is 12.5 Å². The van der Waals surface area contributed by atoms with E-state index in [0.29, 0.717) is 35.0 Å². The number of alkyl halides is 3. The first-order valence-electron chi connectivity index (χ1n) is 10.5. The summed E-state index contributed by atoms with van der Waals surface area (Å²) in [6.45, 7) is 2.66. The number of nitrogens with one attached hydrogen (secondary N) is 1. The number of hydrogen-bond donors (Lipinski definition) is 1. The highest BCUT2D eigenvalue weighted by atomic mass is 32.2. The molecule has 0 atom stereocenters. The van der Waals surface area contributed by atoms with Crippen molar-refractivity contribution in [2.75, 3.05) is 0 Å². The molecule has 0 spiro atoms. The lowest BCUT2D eigenvalue weighted by Crippen LogP contribution is -2.23. The minimum Gasteiger partial charge on any atom is -0.461 e. The fourth-order valence-corrected chi connectivity index (χ4v) is 4.31. The molecule has 0 radical (unpaired) electrons. The van der Waals surface area contributed by atoms with E-state index in [1.807, 2.05) is 23.6 Å². The number of carbonyl (C=O) groups is 1. The number of carbonyl (C=O) groups excluding carboxylic acids is 1. The highest BCUT2D eigenvalue weighted by Gasteiger charge is 2.30. The van der Waals surface area contributed by atoms with Crippen molar-refractivity contribution in [2.24, 2.45) is 0 Å². The topological polar surface area (TPSA) is 73.0 Å². The first kappa shape index (κ1) is 23.6. The maximum atomic E-state index is 12.9. The van der Waals surface area contributed by atoms with Gasteiger partial charge in [0.15, 0.2) is 16.7 Å². The largest absolute Gasteiger partial charge is 0.461 e. The Hall–Kier alpha value is -3.53. The predicted octanol–water partition coefficient (Wildman–Crippen LogP) is 5.80. The Morgan fingerprint density at radius 2 is 1.85 bits per heavy atom. The van der Waals surface area contributed by atoms with Gasteiger partial charge in [0.2, 0.25) is 0 Å². The van der Waals surface area contributed by atoms with Crippen LogP contribution >= 0.6 is 11.8 Å². The van der Waals surface area contributed by atoms with E-state index in [1.165, 1.54) is 17.8 Å². The van der Waals surface area contributed by atoms with Gasteiger partial charge in [-0.05, 0) is 54.4 Å². The van der Waals surface area contributed by atoms with E-state index in [0.717, 1.165) is 22.9 Å². The Morgan fingerprint density at radius 3 is 2.59 bits per heavy atom. The van der Waals surface area contributed by atoms with E-state index in [4.69, 9.17) is 4.42 Å². The molecule has 0 aliphatic heterocycles.